The third-order valence-corrected chi connectivity index (χ3v) is 5.00. The molecule has 0 saturated heterocycles. The van der Waals surface area contributed by atoms with Gasteiger partial charge in [-0.2, -0.15) is 0 Å². The number of carbonyl (C=O) groups is 2. The van der Waals surface area contributed by atoms with Crippen molar-refractivity contribution in [2.45, 2.75) is 13.5 Å². The van der Waals surface area contributed by atoms with Crippen LogP contribution in [0.25, 0.3) is 0 Å². The maximum atomic E-state index is 13.1. The molecule has 0 saturated carbocycles. The van der Waals surface area contributed by atoms with E-state index in [0.29, 0.717) is 11.4 Å². The predicted molar refractivity (Wildman–Crippen MR) is 121 cm³/mol. The van der Waals surface area contributed by atoms with E-state index >= 15 is 0 Å². The van der Waals surface area contributed by atoms with E-state index in [9.17, 15) is 19.7 Å². The number of hydrogen-bond donors (Lipinski definition) is 1. The van der Waals surface area contributed by atoms with E-state index < -0.39 is 16.8 Å². The highest BCUT2D eigenvalue weighted by atomic mass is 16.6. The van der Waals surface area contributed by atoms with Crippen molar-refractivity contribution in [3.05, 3.63) is 93.0 Å². The maximum Gasteiger partial charge on any atom is 0.335 e. The number of carboxylic acids is 1. The van der Waals surface area contributed by atoms with Crippen LogP contribution in [0.2, 0.25) is 0 Å². The highest BCUT2D eigenvalue weighted by Crippen LogP contribution is 2.32. The number of ether oxygens (including phenoxy) is 2. The molecule has 0 aliphatic heterocycles. The van der Waals surface area contributed by atoms with E-state index in [4.69, 9.17) is 14.6 Å². The summed E-state index contributed by atoms with van der Waals surface area (Å²) in [6.07, 6.45) is 0. The van der Waals surface area contributed by atoms with E-state index in [1.807, 2.05) is 13.0 Å². The first kappa shape index (κ1) is 23.3. The first-order valence-electron chi connectivity index (χ1n) is 9.87. The van der Waals surface area contributed by atoms with E-state index in [0.717, 1.165) is 11.1 Å². The van der Waals surface area contributed by atoms with E-state index in [1.165, 1.54) is 42.3 Å². The van der Waals surface area contributed by atoms with Crippen LogP contribution >= 0.6 is 0 Å². The number of amides is 1. The molecule has 170 valence electrons. The Morgan fingerprint density at radius 3 is 2.27 bits per heavy atom. The van der Waals surface area contributed by atoms with Crippen molar-refractivity contribution in [1.82, 2.24) is 0 Å². The standard InChI is InChI=1S/C24H22N2O7/c1-15-4-10-19(22(12-15)33-14-16-5-7-17(8-6-16)24(28)29)25(2)23(27)18-9-11-20(26(30)31)21(13-18)32-3/h4-13H,14H2,1-3H3,(H,28,29). The molecular formula is C24H22N2O7. The molecule has 0 fully saturated rings. The number of carbonyl (C=O) groups excluding carboxylic acids is 1. The number of carboxylic acid groups (broad SMARTS) is 1. The molecule has 0 heterocycles. The average molecular weight is 450 g/mol. The van der Waals surface area contributed by atoms with Crippen LogP contribution in [0, 0.1) is 17.0 Å². The van der Waals surface area contributed by atoms with Gasteiger partial charge < -0.3 is 19.5 Å². The number of nitro benzene ring substituents is 1. The molecule has 3 rings (SSSR count). The predicted octanol–water partition coefficient (Wildman–Crippen LogP) is 4.47. The Bertz CT molecular complexity index is 1210. The lowest BCUT2D eigenvalue weighted by atomic mass is 10.1. The topological polar surface area (TPSA) is 119 Å². The van der Waals surface area contributed by atoms with Gasteiger partial charge in [-0.1, -0.05) is 18.2 Å². The molecule has 0 bridgehead atoms. The van der Waals surface area contributed by atoms with Gasteiger partial charge in [0, 0.05) is 24.7 Å². The van der Waals surface area contributed by atoms with Crippen LogP contribution < -0.4 is 14.4 Å². The van der Waals surface area contributed by atoms with Crippen LogP contribution in [0.3, 0.4) is 0 Å². The Hall–Kier alpha value is -4.40. The Morgan fingerprint density at radius 2 is 1.67 bits per heavy atom. The Labute approximate surface area is 189 Å². The number of nitro groups is 1. The number of methoxy groups -OCH3 is 1. The van der Waals surface area contributed by atoms with Gasteiger partial charge in [0.1, 0.15) is 12.4 Å². The fraction of sp³-hybridized carbons (Fsp3) is 0.167. The molecule has 9 heteroatoms. The molecule has 33 heavy (non-hydrogen) atoms. The number of benzene rings is 3. The second-order valence-corrected chi connectivity index (χ2v) is 7.27. The summed E-state index contributed by atoms with van der Waals surface area (Å²) in [6.45, 7) is 2.06. The number of anilines is 1. The third kappa shape index (κ3) is 5.27. The molecule has 3 aromatic carbocycles. The van der Waals surface area contributed by atoms with Crippen molar-refractivity contribution in [3.63, 3.8) is 0 Å². The van der Waals surface area contributed by atoms with Gasteiger partial charge in [-0.3, -0.25) is 14.9 Å². The molecule has 0 atom stereocenters. The molecule has 0 aliphatic carbocycles. The molecule has 0 radical (unpaired) electrons. The first-order valence-corrected chi connectivity index (χ1v) is 9.87. The van der Waals surface area contributed by atoms with Crippen molar-refractivity contribution in [2.75, 3.05) is 19.1 Å². The second kappa shape index (κ2) is 9.82. The van der Waals surface area contributed by atoms with Crippen molar-refractivity contribution in [3.8, 4) is 11.5 Å². The number of aromatic carboxylic acids is 1. The Kier molecular flexibility index (Phi) is 6.92. The van der Waals surface area contributed by atoms with Crippen molar-refractivity contribution < 1.29 is 29.1 Å². The lowest BCUT2D eigenvalue weighted by Gasteiger charge is -2.21. The SMILES string of the molecule is COc1cc(C(=O)N(C)c2ccc(C)cc2OCc2ccc(C(=O)O)cc2)ccc1[N+](=O)[O-]. The molecule has 0 aliphatic rings. The van der Waals surface area contributed by atoms with E-state index in [-0.39, 0.29) is 29.2 Å². The van der Waals surface area contributed by atoms with Crippen LogP contribution in [0.4, 0.5) is 11.4 Å². The number of aryl methyl sites for hydroxylation is 1. The van der Waals surface area contributed by atoms with Crippen LogP contribution in [0.5, 0.6) is 11.5 Å². The summed E-state index contributed by atoms with van der Waals surface area (Å²) in [5.41, 5.74) is 2.36. The van der Waals surface area contributed by atoms with Crippen molar-refractivity contribution in [2.24, 2.45) is 0 Å². The van der Waals surface area contributed by atoms with Gasteiger partial charge >= 0.3 is 11.7 Å². The molecule has 1 amide bonds. The molecular weight excluding hydrogens is 428 g/mol. The molecule has 0 spiro atoms. The van der Waals surface area contributed by atoms with Gasteiger partial charge in [-0.25, -0.2) is 4.79 Å². The van der Waals surface area contributed by atoms with Gasteiger partial charge in [0.05, 0.1) is 23.3 Å². The Balaban J connectivity index is 1.84. The summed E-state index contributed by atoms with van der Waals surface area (Å²) in [4.78, 5) is 36.0. The zero-order valence-corrected chi connectivity index (χ0v) is 18.3. The lowest BCUT2D eigenvalue weighted by Crippen LogP contribution is -2.26. The van der Waals surface area contributed by atoms with Gasteiger partial charge in [0.25, 0.3) is 5.91 Å². The average Bonchev–Trinajstić information content (AvgIpc) is 2.81. The summed E-state index contributed by atoms with van der Waals surface area (Å²) >= 11 is 0. The van der Waals surface area contributed by atoms with Gasteiger partial charge in [0.15, 0.2) is 5.75 Å². The number of hydrogen-bond acceptors (Lipinski definition) is 6. The summed E-state index contributed by atoms with van der Waals surface area (Å²) in [5, 5.41) is 20.1. The minimum atomic E-state index is -1.01. The molecule has 0 aromatic heterocycles. The minimum absolute atomic E-state index is 0.00978. The molecule has 3 aromatic rings. The zero-order chi connectivity index (χ0) is 24.1. The minimum Gasteiger partial charge on any atom is -0.490 e. The monoisotopic (exact) mass is 450 g/mol. The smallest absolute Gasteiger partial charge is 0.335 e. The van der Waals surface area contributed by atoms with E-state index in [1.54, 1.807) is 31.3 Å². The summed E-state index contributed by atoms with van der Waals surface area (Å²) in [5.74, 6) is -0.958. The summed E-state index contributed by atoms with van der Waals surface area (Å²) in [6, 6.07) is 15.6. The van der Waals surface area contributed by atoms with Gasteiger partial charge in [-0.05, 0) is 48.4 Å². The third-order valence-electron chi connectivity index (χ3n) is 5.00. The maximum absolute atomic E-state index is 13.1. The van der Waals surface area contributed by atoms with Gasteiger partial charge in [-0.15, -0.1) is 0 Å². The highest BCUT2D eigenvalue weighted by Gasteiger charge is 2.22. The van der Waals surface area contributed by atoms with Crippen molar-refractivity contribution >= 4 is 23.3 Å². The summed E-state index contributed by atoms with van der Waals surface area (Å²) < 4.78 is 11.0. The van der Waals surface area contributed by atoms with Crippen LogP contribution in [-0.4, -0.2) is 36.1 Å². The van der Waals surface area contributed by atoms with Gasteiger partial charge in [0.2, 0.25) is 0 Å². The number of rotatable bonds is 8. The number of nitrogens with zero attached hydrogens (tertiary/aromatic N) is 2. The zero-order valence-electron chi connectivity index (χ0n) is 18.3. The first-order chi connectivity index (χ1) is 15.7. The quantitative estimate of drug-likeness (QED) is 0.397. The lowest BCUT2D eigenvalue weighted by molar-refractivity contribution is -0.385. The van der Waals surface area contributed by atoms with Crippen LogP contribution in [-0.2, 0) is 6.61 Å². The normalized spacial score (nSPS) is 10.4. The molecule has 1 N–H and O–H groups in total. The highest BCUT2D eigenvalue weighted by molar-refractivity contribution is 6.07. The van der Waals surface area contributed by atoms with Crippen LogP contribution in [0.1, 0.15) is 31.8 Å². The Morgan fingerprint density at radius 1 is 1.00 bits per heavy atom. The fourth-order valence-corrected chi connectivity index (χ4v) is 3.18. The second-order valence-electron chi connectivity index (χ2n) is 7.27. The van der Waals surface area contributed by atoms with Crippen molar-refractivity contribution in [1.29, 1.82) is 0 Å². The fourth-order valence-electron chi connectivity index (χ4n) is 3.18. The molecule has 0 unspecified atom stereocenters. The van der Waals surface area contributed by atoms with Crippen LogP contribution in [0.15, 0.2) is 60.7 Å². The summed E-state index contributed by atoms with van der Waals surface area (Å²) in [7, 11) is 2.88. The molecule has 9 nitrogen and oxygen atoms in total. The largest absolute Gasteiger partial charge is 0.490 e. The van der Waals surface area contributed by atoms with E-state index in [2.05, 4.69) is 0 Å².